The van der Waals surface area contributed by atoms with Crippen molar-refractivity contribution in [1.82, 2.24) is 0 Å². The topological polar surface area (TPSA) is 24.7 Å². The maximum atomic E-state index is 4.23. The van der Waals surface area contributed by atoms with Crippen molar-refractivity contribution in [1.29, 1.82) is 0 Å². The van der Waals surface area contributed by atoms with E-state index in [-0.39, 0.29) is 0 Å². The van der Waals surface area contributed by atoms with Crippen molar-refractivity contribution in [2.45, 2.75) is 59.8 Å². The Labute approximate surface area is 99.5 Å². The normalized spacial score (nSPS) is 28.0. The summed E-state index contributed by atoms with van der Waals surface area (Å²) in [5, 5.41) is 8.44. The smallest absolute Gasteiger partial charge is 0.0635 e. The molecule has 2 aliphatic rings. The Morgan fingerprint density at radius 2 is 1.81 bits per heavy atom. The molecule has 0 bridgehead atoms. The molecule has 0 aromatic rings. The minimum absolute atomic E-state index is 0.563. The molecule has 1 atom stereocenters. The number of hydrogen-bond donors (Lipinski definition) is 0. The molecular formula is C14H24N2. The SMILES string of the molecule is CC.CC1=NN=C(C)C2CCCCC/C=C/12. The Morgan fingerprint density at radius 3 is 2.56 bits per heavy atom. The molecule has 0 aromatic heterocycles. The maximum Gasteiger partial charge on any atom is 0.0635 e. The lowest BCUT2D eigenvalue weighted by atomic mass is 9.83. The standard InChI is InChI=1S/C12H18N2.C2H6/c1-9-11-7-5-3-4-6-8-12(11)10(2)14-13-9;1-2/h7,12H,3-6,8H2,1-2H3;1-2H3/b11-7-;. The zero-order valence-corrected chi connectivity index (χ0v) is 11.1. The van der Waals surface area contributed by atoms with Gasteiger partial charge in [0.25, 0.3) is 0 Å². The van der Waals surface area contributed by atoms with Crippen LogP contribution in [0.3, 0.4) is 0 Å². The van der Waals surface area contributed by atoms with Crippen LogP contribution in [0.4, 0.5) is 0 Å². The van der Waals surface area contributed by atoms with Crippen molar-refractivity contribution in [3.05, 3.63) is 11.6 Å². The summed E-state index contributed by atoms with van der Waals surface area (Å²) < 4.78 is 0. The Balaban J connectivity index is 0.000000606. The van der Waals surface area contributed by atoms with Crippen LogP contribution in [0.1, 0.15) is 59.8 Å². The number of nitrogens with zero attached hydrogens (tertiary/aromatic N) is 2. The Morgan fingerprint density at radius 1 is 1.06 bits per heavy atom. The highest BCUT2D eigenvalue weighted by atomic mass is 15.2. The van der Waals surface area contributed by atoms with Crippen molar-refractivity contribution in [2.75, 3.05) is 0 Å². The molecule has 1 aliphatic heterocycles. The molecule has 1 aliphatic carbocycles. The molecule has 0 aromatic carbocycles. The molecule has 0 amide bonds. The first-order chi connectivity index (χ1) is 7.79. The first-order valence-electron chi connectivity index (χ1n) is 6.58. The molecule has 90 valence electrons. The van der Waals surface area contributed by atoms with Crippen LogP contribution in [-0.2, 0) is 0 Å². The van der Waals surface area contributed by atoms with Gasteiger partial charge in [0.05, 0.1) is 5.71 Å². The van der Waals surface area contributed by atoms with Crippen LogP contribution >= 0.6 is 0 Å². The van der Waals surface area contributed by atoms with E-state index >= 15 is 0 Å². The van der Waals surface area contributed by atoms with Crippen molar-refractivity contribution in [3.8, 4) is 0 Å². The highest BCUT2D eigenvalue weighted by molar-refractivity contribution is 6.07. The number of rotatable bonds is 0. The summed E-state index contributed by atoms with van der Waals surface area (Å²) in [5.74, 6) is 0.563. The van der Waals surface area contributed by atoms with Crippen molar-refractivity contribution < 1.29 is 0 Å². The third kappa shape index (κ3) is 3.03. The minimum atomic E-state index is 0.563. The largest absolute Gasteiger partial charge is 0.160 e. The Kier molecular flexibility index (Phi) is 5.44. The quantitative estimate of drug-likeness (QED) is 0.579. The molecule has 2 nitrogen and oxygen atoms in total. The molecule has 0 spiro atoms. The van der Waals surface area contributed by atoms with Gasteiger partial charge in [0.2, 0.25) is 0 Å². The van der Waals surface area contributed by atoms with Gasteiger partial charge in [-0.2, -0.15) is 10.2 Å². The van der Waals surface area contributed by atoms with Gasteiger partial charge in [-0.15, -0.1) is 0 Å². The van der Waals surface area contributed by atoms with Gasteiger partial charge >= 0.3 is 0 Å². The van der Waals surface area contributed by atoms with E-state index in [0.29, 0.717) is 5.92 Å². The molecule has 0 radical (unpaired) electrons. The first-order valence-corrected chi connectivity index (χ1v) is 6.58. The van der Waals surface area contributed by atoms with Crippen LogP contribution in [0.25, 0.3) is 0 Å². The summed E-state index contributed by atoms with van der Waals surface area (Å²) in [4.78, 5) is 0. The second-order valence-corrected chi connectivity index (χ2v) is 4.28. The summed E-state index contributed by atoms with van der Waals surface area (Å²) in [7, 11) is 0. The molecule has 2 rings (SSSR count). The van der Waals surface area contributed by atoms with Gasteiger partial charge in [-0.25, -0.2) is 0 Å². The molecular weight excluding hydrogens is 196 g/mol. The van der Waals surface area contributed by atoms with E-state index in [9.17, 15) is 0 Å². The lowest BCUT2D eigenvalue weighted by Crippen LogP contribution is -2.22. The van der Waals surface area contributed by atoms with Crippen LogP contribution in [0.15, 0.2) is 21.9 Å². The van der Waals surface area contributed by atoms with E-state index in [4.69, 9.17) is 0 Å². The van der Waals surface area contributed by atoms with E-state index in [1.807, 2.05) is 13.8 Å². The summed E-state index contributed by atoms with van der Waals surface area (Å²) in [6.07, 6.45) is 8.88. The fourth-order valence-corrected chi connectivity index (χ4v) is 2.34. The molecule has 0 saturated heterocycles. The average Bonchev–Trinajstić information content (AvgIpc) is 2.27. The summed E-state index contributed by atoms with van der Waals surface area (Å²) in [6, 6.07) is 0. The van der Waals surface area contributed by atoms with E-state index in [0.717, 1.165) is 5.71 Å². The van der Waals surface area contributed by atoms with Gasteiger partial charge in [0, 0.05) is 11.6 Å². The highest BCUT2D eigenvalue weighted by Gasteiger charge is 2.23. The molecule has 1 heterocycles. The number of hydrogen-bond acceptors (Lipinski definition) is 2. The molecule has 0 saturated carbocycles. The lowest BCUT2D eigenvalue weighted by molar-refractivity contribution is 0.584. The predicted molar refractivity (Wildman–Crippen MR) is 72.2 cm³/mol. The lowest BCUT2D eigenvalue weighted by Gasteiger charge is -2.24. The minimum Gasteiger partial charge on any atom is -0.160 e. The van der Waals surface area contributed by atoms with Crippen LogP contribution in [0.2, 0.25) is 0 Å². The third-order valence-corrected chi connectivity index (χ3v) is 3.22. The highest BCUT2D eigenvalue weighted by Crippen LogP contribution is 2.28. The molecule has 16 heavy (non-hydrogen) atoms. The van der Waals surface area contributed by atoms with Crippen molar-refractivity contribution in [2.24, 2.45) is 16.1 Å². The van der Waals surface area contributed by atoms with Crippen molar-refractivity contribution >= 4 is 11.4 Å². The van der Waals surface area contributed by atoms with Gasteiger partial charge in [0.1, 0.15) is 0 Å². The van der Waals surface area contributed by atoms with Gasteiger partial charge in [-0.1, -0.05) is 32.8 Å². The van der Waals surface area contributed by atoms with Crippen LogP contribution in [0, 0.1) is 5.92 Å². The third-order valence-electron chi connectivity index (χ3n) is 3.22. The molecule has 0 fully saturated rings. The van der Waals surface area contributed by atoms with Gasteiger partial charge in [-0.3, -0.25) is 0 Å². The van der Waals surface area contributed by atoms with Gasteiger partial charge < -0.3 is 0 Å². The van der Waals surface area contributed by atoms with Crippen LogP contribution < -0.4 is 0 Å². The predicted octanol–water partition coefficient (Wildman–Crippen LogP) is 4.37. The Bertz CT molecular complexity index is 311. The van der Waals surface area contributed by atoms with E-state index in [1.54, 1.807) is 0 Å². The van der Waals surface area contributed by atoms with Crippen LogP contribution in [0.5, 0.6) is 0 Å². The zero-order valence-electron chi connectivity index (χ0n) is 11.1. The van der Waals surface area contributed by atoms with Gasteiger partial charge in [0.15, 0.2) is 0 Å². The van der Waals surface area contributed by atoms with Crippen molar-refractivity contribution in [3.63, 3.8) is 0 Å². The summed E-state index contributed by atoms with van der Waals surface area (Å²) >= 11 is 0. The molecule has 1 unspecified atom stereocenters. The number of allylic oxidation sites excluding steroid dienone is 2. The van der Waals surface area contributed by atoms with E-state index in [2.05, 4.69) is 30.1 Å². The second kappa shape index (κ2) is 6.62. The first kappa shape index (κ1) is 13.1. The second-order valence-electron chi connectivity index (χ2n) is 4.28. The van der Waals surface area contributed by atoms with Crippen LogP contribution in [-0.4, -0.2) is 11.4 Å². The fraction of sp³-hybridized carbons (Fsp3) is 0.714. The monoisotopic (exact) mass is 220 g/mol. The number of fused-ring (bicyclic) bond motifs is 1. The fourth-order valence-electron chi connectivity index (χ4n) is 2.34. The van der Waals surface area contributed by atoms with E-state index in [1.165, 1.54) is 43.4 Å². The van der Waals surface area contributed by atoms with Gasteiger partial charge in [-0.05, 0) is 38.7 Å². The zero-order chi connectivity index (χ0) is 12.0. The maximum absolute atomic E-state index is 4.23. The average molecular weight is 220 g/mol. The van der Waals surface area contributed by atoms with E-state index < -0.39 is 0 Å². The Hall–Kier alpha value is -0.920. The summed E-state index contributed by atoms with van der Waals surface area (Å²) in [6.45, 7) is 8.19. The molecule has 2 heteroatoms. The summed E-state index contributed by atoms with van der Waals surface area (Å²) in [5.41, 5.74) is 3.77. The molecule has 0 N–H and O–H groups in total.